The number of hydrogen-bond acceptors (Lipinski definition) is 1. The molecule has 0 aliphatic rings. The van der Waals surface area contributed by atoms with Crippen molar-refractivity contribution in [3.8, 4) is 0 Å². The molecular formula is C2H6CuOS. The van der Waals surface area contributed by atoms with E-state index in [-0.39, 0.29) is 17.1 Å². The summed E-state index contributed by atoms with van der Waals surface area (Å²) in [5, 5.41) is 0. The Bertz CT molecular complexity index is 32.6. The van der Waals surface area contributed by atoms with Crippen molar-refractivity contribution in [2.24, 2.45) is 0 Å². The molecule has 0 aromatic rings. The van der Waals surface area contributed by atoms with E-state index in [0.717, 1.165) is 0 Å². The van der Waals surface area contributed by atoms with Gasteiger partial charge in [0.25, 0.3) is 0 Å². The third-order valence-corrected chi connectivity index (χ3v) is 0. The average Bonchev–Trinajstić information content (AvgIpc) is 0.811. The molecule has 0 rings (SSSR count). The Kier molecular flexibility index (Phi) is 8.57. The van der Waals surface area contributed by atoms with E-state index in [4.69, 9.17) is 0 Å². The first-order valence-electron chi connectivity index (χ1n) is 0.983. The Labute approximate surface area is 45.1 Å². The molecule has 0 aliphatic carbocycles. The smallest absolute Gasteiger partial charge is 0.0148 e. The van der Waals surface area contributed by atoms with Crippen molar-refractivity contribution in [2.45, 2.75) is 0 Å². The fraction of sp³-hybridized carbons (Fsp3) is 1.00. The molecule has 0 aromatic carbocycles. The van der Waals surface area contributed by atoms with Gasteiger partial charge in [-0.2, -0.15) is 0 Å². The molecule has 0 atom stereocenters. The number of hydrogen-bond donors (Lipinski definition) is 0. The summed E-state index contributed by atoms with van der Waals surface area (Å²) in [6.07, 6.45) is 3.28. The Morgan fingerprint density at radius 1 is 1.40 bits per heavy atom. The van der Waals surface area contributed by atoms with Crippen LogP contribution in [0.15, 0.2) is 0 Å². The van der Waals surface area contributed by atoms with Gasteiger partial charge in [0.2, 0.25) is 0 Å². The van der Waals surface area contributed by atoms with Crippen LogP contribution in [0.25, 0.3) is 0 Å². The minimum Gasteiger partial charge on any atom is -0.260 e. The normalized spacial score (nSPS) is 7.00. The van der Waals surface area contributed by atoms with E-state index < -0.39 is 10.8 Å². The molecule has 1 nitrogen and oxygen atoms in total. The molecule has 0 aromatic heterocycles. The Morgan fingerprint density at radius 3 is 1.40 bits per heavy atom. The maximum atomic E-state index is 9.56. The van der Waals surface area contributed by atoms with E-state index in [0.29, 0.717) is 0 Å². The maximum absolute atomic E-state index is 9.56. The van der Waals surface area contributed by atoms with Gasteiger partial charge < -0.3 is 0 Å². The van der Waals surface area contributed by atoms with E-state index in [2.05, 4.69) is 0 Å². The predicted molar refractivity (Wildman–Crippen MR) is 20.0 cm³/mol. The number of rotatable bonds is 0. The quantitative estimate of drug-likeness (QED) is 0.434. The molecule has 0 unspecified atom stereocenters. The second kappa shape index (κ2) is 4.67. The van der Waals surface area contributed by atoms with Crippen LogP contribution in [-0.2, 0) is 27.9 Å². The standard InChI is InChI=1S/C2H6OS.Cu/c1-4(2)3;/h1-2H3;. The van der Waals surface area contributed by atoms with Crippen LogP contribution in [0.2, 0.25) is 0 Å². The van der Waals surface area contributed by atoms with Gasteiger partial charge in [-0.25, -0.2) is 0 Å². The molecule has 37 valence electrons. The maximum Gasteiger partial charge on any atom is 0.0148 e. The summed E-state index contributed by atoms with van der Waals surface area (Å²) in [5.74, 6) is 0. The van der Waals surface area contributed by atoms with Gasteiger partial charge in [-0.05, 0) is 0 Å². The molecule has 0 aliphatic heterocycles. The summed E-state index contributed by atoms with van der Waals surface area (Å²) in [6, 6.07) is 0. The first-order chi connectivity index (χ1) is 1.73. The molecule has 0 heterocycles. The van der Waals surface area contributed by atoms with Crippen molar-refractivity contribution in [2.75, 3.05) is 12.5 Å². The van der Waals surface area contributed by atoms with Crippen LogP contribution in [0, 0.1) is 0 Å². The van der Waals surface area contributed by atoms with E-state index >= 15 is 0 Å². The van der Waals surface area contributed by atoms with Crippen LogP contribution < -0.4 is 0 Å². The van der Waals surface area contributed by atoms with Crippen LogP contribution in [0.5, 0.6) is 0 Å². The molecule has 0 N–H and O–H groups in total. The fourth-order valence-corrected chi connectivity index (χ4v) is 0. The van der Waals surface area contributed by atoms with Crippen molar-refractivity contribution in [3.05, 3.63) is 0 Å². The second-order valence-electron chi connectivity index (χ2n) is 0.742. The Hall–Kier alpha value is 0.669. The summed E-state index contributed by atoms with van der Waals surface area (Å²) >= 11 is 0. The van der Waals surface area contributed by atoms with Crippen molar-refractivity contribution < 1.29 is 21.3 Å². The Morgan fingerprint density at radius 2 is 1.40 bits per heavy atom. The third-order valence-electron chi connectivity index (χ3n) is 0. The van der Waals surface area contributed by atoms with Gasteiger partial charge in [-0.3, -0.25) is 4.21 Å². The van der Waals surface area contributed by atoms with Crippen LogP contribution in [0.1, 0.15) is 0 Å². The van der Waals surface area contributed by atoms with E-state index in [1.807, 2.05) is 0 Å². The monoisotopic (exact) mass is 141 g/mol. The summed E-state index contributed by atoms with van der Waals surface area (Å²) in [6.45, 7) is 0. The zero-order chi connectivity index (χ0) is 3.58. The summed E-state index contributed by atoms with van der Waals surface area (Å²) in [4.78, 5) is 0. The second-order valence-corrected chi connectivity index (χ2v) is 2.22. The zero-order valence-corrected chi connectivity index (χ0v) is 4.88. The predicted octanol–water partition coefficient (Wildman–Crippen LogP) is -0.00780. The van der Waals surface area contributed by atoms with E-state index in [1.54, 1.807) is 12.5 Å². The molecule has 0 fully saturated rings. The summed E-state index contributed by atoms with van der Waals surface area (Å²) in [7, 11) is -0.611. The fourth-order valence-electron chi connectivity index (χ4n) is 0. The van der Waals surface area contributed by atoms with Crippen molar-refractivity contribution in [1.29, 1.82) is 0 Å². The molecule has 0 amide bonds. The first kappa shape index (κ1) is 9.18. The molecule has 0 bridgehead atoms. The van der Waals surface area contributed by atoms with E-state index in [9.17, 15) is 4.21 Å². The first-order valence-corrected chi connectivity index (χ1v) is 2.95. The Balaban J connectivity index is 0. The van der Waals surface area contributed by atoms with Crippen LogP contribution >= 0.6 is 0 Å². The molecule has 5 heavy (non-hydrogen) atoms. The van der Waals surface area contributed by atoms with Gasteiger partial charge in [-0.15, -0.1) is 0 Å². The van der Waals surface area contributed by atoms with Gasteiger partial charge >= 0.3 is 0 Å². The van der Waals surface area contributed by atoms with Crippen molar-refractivity contribution >= 4 is 10.8 Å². The van der Waals surface area contributed by atoms with Crippen molar-refractivity contribution in [3.63, 3.8) is 0 Å². The summed E-state index contributed by atoms with van der Waals surface area (Å²) < 4.78 is 9.56. The average molecular weight is 142 g/mol. The minimum absolute atomic E-state index is 0. The van der Waals surface area contributed by atoms with Gasteiger partial charge in [0.1, 0.15) is 0 Å². The topological polar surface area (TPSA) is 17.1 Å². The molecule has 1 radical (unpaired) electrons. The molecule has 0 spiro atoms. The third kappa shape index (κ3) is 74.2. The molecule has 3 heteroatoms. The molecule has 0 saturated carbocycles. The molecular weight excluding hydrogens is 136 g/mol. The minimum atomic E-state index is -0.611. The van der Waals surface area contributed by atoms with Gasteiger partial charge in [0.15, 0.2) is 0 Å². The van der Waals surface area contributed by atoms with Crippen LogP contribution in [0.3, 0.4) is 0 Å². The van der Waals surface area contributed by atoms with Gasteiger partial charge in [0, 0.05) is 40.4 Å². The van der Waals surface area contributed by atoms with Gasteiger partial charge in [-0.1, -0.05) is 0 Å². The van der Waals surface area contributed by atoms with Crippen LogP contribution in [-0.4, -0.2) is 16.7 Å². The van der Waals surface area contributed by atoms with E-state index in [1.165, 1.54) is 0 Å². The van der Waals surface area contributed by atoms with Gasteiger partial charge in [0.05, 0.1) is 0 Å². The summed E-state index contributed by atoms with van der Waals surface area (Å²) in [5.41, 5.74) is 0. The molecule has 0 saturated heterocycles. The SMILES string of the molecule is CS(C)=O.[Cu]. The van der Waals surface area contributed by atoms with Crippen molar-refractivity contribution in [1.82, 2.24) is 0 Å². The van der Waals surface area contributed by atoms with Crippen LogP contribution in [0.4, 0.5) is 0 Å². The largest absolute Gasteiger partial charge is 0.260 e. The zero-order valence-electron chi connectivity index (χ0n) is 3.12.